The number of hydrogen-bond donors (Lipinski definition) is 1. The molecule has 0 rings (SSSR count). The van der Waals surface area contributed by atoms with E-state index in [1.807, 2.05) is 6.92 Å². The van der Waals surface area contributed by atoms with Crippen molar-refractivity contribution in [2.75, 3.05) is 20.2 Å². The quantitative estimate of drug-likeness (QED) is 0.682. The van der Waals surface area contributed by atoms with Crippen LogP contribution in [0.2, 0.25) is 0 Å². The average Bonchev–Trinajstić information content (AvgIpc) is 2.35. The average molecular weight is 259 g/mol. The summed E-state index contributed by atoms with van der Waals surface area (Å²) in [4.78, 5) is 35.5. The Balaban J connectivity index is 4.74. The van der Waals surface area contributed by atoms with Gasteiger partial charge in [0.1, 0.15) is 6.54 Å². The smallest absolute Gasteiger partial charge is 0.325 e. The Bertz CT molecular complexity index is 316. The molecule has 0 saturated carbocycles. The van der Waals surface area contributed by atoms with Crippen LogP contribution in [0.5, 0.6) is 0 Å². The van der Waals surface area contributed by atoms with E-state index in [0.29, 0.717) is 13.0 Å². The van der Waals surface area contributed by atoms with E-state index in [-0.39, 0.29) is 12.5 Å². The Hall–Kier alpha value is -1.59. The molecule has 6 nitrogen and oxygen atoms in total. The summed E-state index contributed by atoms with van der Waals surface area (Å²) in [5, 5.41) is 8.88. The van der Waals surface area contributed by atoms with Crippen molar-refractivity contribution < 1.29 is 24.2 Å². The Morgan fingerprint density at radius 3 is 2.17 bits per heavy atom. The number of amides is 1. The van der Waals surface area contributed by atoms with Gasteiger partial charge in [0, 0.05) is 12.5 Å². The molecule has 2 atom stereocenters. The van der Waals surface area contributed by atoms with Gasteiger partial charge in [0.2, 0.25) is 5.91 Å². The van der Waals surface area contributed by atoms with Crippen LogP contribution >= 0.6 is 0 Å². The Kier molecular flexibility index (Phi) is 7.00. The van der Waals surface area contributed by atoms with Gasteiger partial charge in [-0.3, -0.25) is 14.4 Å². The number of carbonyl (C=O) groups is 3. The second-order valence-electron chi connectivity index (χ2n) is 4.25. The molecule has 0 fully saturated rings. The fraction of sp³-hybridized carbons (Fsp3) is 0.750. The molecule has 0 saturated heterocycles. The number of methoxy groups -OCH3 is 1. The van der Waals surface area contributed by atoms with Crippen LogP contribution in [-0.4, -0.2) is 48.1 Å². The highest BCUT2D eigenvalue weighted by Crippen LogP contribution is 2.15. The van der Waals surface area contributed by atoms with Crippen LogP contribution in [0.1, 0.15) is 27.2 Å². The van der Waals surface area contributed by atoms with E-state index in [1.165, 1.54) is 18.9 Å². The maximum Gasteiger partial charge on any atom is 0.325 e. The molecular formula is C12H21NO5. The van der Waals surface area contributed by atoms with E-state index in [1.54, 1.807) is 6.92 Å². The van der Waals surface area contributed by atoms with E-state index in [0.717, 1.165) is 0 Å². The lowest BCUT2D eigenvalue weighted by Crippen LogP contribution is -2.42. The molecule has 0 radical (unpaired) electrons. The minimum Gasteiger partial charge on any atom is -0.481 e. The van der Waals surface area contributed by atoms with Gasteiger partial charge in [0.15, 0.2) is 0 Å². The molecule has 0 aromatic carbocycles. The minimum atomic E-state index is -1.02. The third kappa shape index (κ3) is 4.73. The highest BCUT2D eigenvalue weighted by molar-refractivity contribution is 5.86. The molecule has 0 aliphatic heterocycles. The third-order valence-electron chi connectivity index (χ3n) is 2.88. The molecule has 1 amide bonds. The second kappa shape index (κ2) is 7.68. The van der Waals surface area contributed by atoms with Crippen molar-refractivity contribution in [3.05, 3.63) is 0 Å². The van der Waals surface area contributed by atoms with Gasteiger partial charge in [-0.15, -0.1) is 0 Å². The summed E-state index contributed by atoms with van der Waals surface area (Å²) in [6, 6.07) is 0. The normalized spacial score (nSPS) is 13.6. The van der Waals surface area contributed by atoms with Gasteiger partial charge in [0.25, 0.3) is 0 Å². The number of hydrogen-bond acceptors (Lipinski definition) is 4. The van der Waals surface area contributed by atoms with Crippen LogP contribution in [0.3, 0.4) is 0 Å². The van der Waals surface area contributed by atoms with Crippen molar-refractivity contribution in [2.45, 2.75) is 27.2 Å². The Labute approximate surface area is 107 Å². The van der Waals surface area contributed by atoms with Crippen LogP contribution in [0.25, 0.3) is 0 Å². The SMILES string of the molecule is CCCN(CC(=O)OC)C(=O)C(C)C(C)C(=O)O. The predicted molar refractivity (Wildman–Crippen MR) is 64.9 cm³/mol. The zero-order valence-electron chi connectivity index (χ0n) is 11.3. The zero-order chi connectivity index (χ0) is 14.3. The highest BCUT2D eigenvalue weighted by Gasteiger charge is 2.30. The van der Waals surface area contributed by atoms with Crippen LogP contribution in [0, 0.1) is 11.8 Å². The van der Waals surface area contributed by atoms with Gasteiger partial charge in [-0.1, -0.05) is 20.8 Å². The van der Waals surface area contributed by atoms with Gasteiger partial charge in [-0.2, -0.15) is 0 Å². The highest BCUT2D eigenvalue weighted by atomic mass is 16.5. The predicted octanol–water partition coefficient (Wildman–Crippen LogP) is 0.755. The molecule has 0 aliphatic carbocycles. The summed E-state index contributed by atoms with van der Waals surface area (Å²) in [5.74, 6) is -3.32. The van der Waals surface area contributed by atoms with Crippen LogP contribution < -0.4 is 0 Å². The summed E-state index contributed by atoms with van der Waals surface area (Å²) in [6.45, 7) is 5.18. The standard InChI is InChI=1S/C12H21NO5/c1-5-6-13(7-10(14)18-4)11(15)8(2)9(3)12(16)17/h8-9H,5-7H2,1-4H3,(H,16,17). The van der Waals surface area contributed by atoms with Crippen molar-refractivity contribution >= 4 is 17.8 Å². The lowest BCUT2D eigenvalue weighted by atomic mass is 9.94. The number of carboxylic acids is 1. The Morgan fingerprint density at radius 2 is 1.78 bits per heavy atom. The van der Waals surface area contributed by atoms with E-state index < -0.39 is 23.8 Å². The van der Waals surface area contributed by atoms with Crippen molar-refractivity contribution in [1.82, 2.24) is 4.90 Å². The number of aliphatic carboxylic acids is 1. The largest absolute Gasteiger partial charge is 0.481 e. The summed E-state index contributed by atoms with van der Waals surface area (Å²) in [6.07, 6.45) is 0.691. The molecule has 0 bridgehead atoms. The van der Waals surface area contributed by atoms with E-state index in [4.69, 9.17) is 5.11 Å². The first kappa shape index (κ1) is 16.4. The molecule has 104 valence electrons. The van der Waals surface area contributed by atoms with E-state index in [2.05, 4.69) is 4.74 Å². The molecule has 0 spiro atoms. The van der Waals surface area contributed by atoms with Crippen molar-refractivity contribution in [2.24, 2.45) is 11.8 Å². The number of nitrogens with zero attached hydrogens (tertiary/aromatic N) is 1. The lowest BCUT2D eigenvalue weighted by molar-refractivity contribution is -0.152. The molecule has 0 aliphatic rings. The lowest BCUT2D eigenvalue weighted by Gasteiger charge is -2.25. The molecule has 0 aromatic heterocycles. The van der Waals surface area contributed by atoms with Gasteiger partial charge in [-0.25, -0.2) is 0 Å². The van der Waals surface area contributed by atoms with Crippen LogP contribution in [0.15, 0.2) is 0 Å². The summed E-state index contributed by atoms with van der Waals surface area (Å²) in [7, 11) is 1.25. The maximum absolute atomic E-state index is 12.1. The Morgan fingerprint density at radius 1 is 1.22 bits per heavy atom. The summed E-state index contributed by atoms with van der Waals surface area (Å²) in [5.41, 5.74) is 0. The number of ether oxygens (including phenoxy) is 1. The fourth-order valence-electron chi connectivity index (χ4n) is 1.47. The molecule has 0 aromatic rings. The summed E-state index contributed by atoms with van der Waals surface area (Å²) >= 11 is 0. The number of carboxylic acid groups (broad SMARTS) is 1. The van der Waals surface area contributed by atoms with Gasteiger partial charge < -0.3 is 14.7 Å². The van der Waals surface area contributed by atoms with Crippen molar-refractivity contribution in [1.29, 1.82) is 0 Å². The van der Waals surface area contributed by atoms with Crippen molar-refractivity contribution in [3.8, 4) is 0 Å². The minimum absolute atomic E-state index is 0.139. The monoisotopic (exact) mass is 259 g/mol. The van der Waals surface area contributed by atoms with Gasteiger partial charge >= 0.3 is 11.9 Å². The molecule has 18 heavy (non-hydrogen) atoms. The molecule has 0 heterocycles. The maximum atomic E-state index is 12.1. The van der Waals surface area contributed by atoms with Crippen molar-refractivity contribution in [3.63, 3.8) is 0 Å². The first-order valence-corrected chi connectivity index (χ1v) is 5.93. The van der Waals surface area contributed by atoms with Gasteiger partial charge in [-0.05, 0) is 6.42 Å². The van der Waals surface area contributed by atoms with Crippen LogP contribution in [0.4, 0.5) is 0 Å². The second-order valence-corrected chi connectivity index (χ2v) is 4.25. The summed E-state index contributed by atoms with van der Waals surface area (Å²) < 4.78 is 4.52. The number of esters is 1. The third-order valence-corrected chi connectivity index (χ3v) is 2.88. The number of carbonyl (C=O) groups excluding carboxylic acids is 2. The molecular weight excluding hydrogens is 238 g/mol. The first-order chi connectivity index (χ1) is 8.34. The molecule has 2 unspecified atom stereocenters. The zero-order valence-corrected chi connectivity index (χ0v) is 11.3. The first-order valence-electron chi connectivity index (χ1n) is 5.93. The van der Waals surface area contributed by atoms with Gasteiger partial charge in [0.05, 0.1) is 13.0 Å². The number of rotatable bonds is 7. The molecule has 6 heteroatoms. The van der Waals surface area contributed by atoms with Crippen LogP contribution in [-0.2, 0) is 19.1 Å². The van der Waals surface area contributed by atoms with E-state index in [9.17, 15) is 14.4 Å². The topological polar surface area (TPSA) is 83.9 Å². The van der Waals surface area contributed by atoms with E-state index >= 15 is 0 Å². The molecule has 1 N–H and O–H groups in total. The fourth-order valence-corrected chi connectivity index (χ4v) is 1.47.